The molecule has 0 atom stereocenters. The van der Waals surface area contributed by atoms with Crippen molar-refractivity contribution in [2.75, 3.05) is 31.1 Å². The summed E-state index contributed by atoms with van der Waals surface area (Å²) >= 11 is 0. The number of hydrogen-bond donors (Lipinski definition) is 0. The Kier molecular flexibility index (Phi) is 5.02. The Morgan fingerprint density at radius 1 is 1.03 bits per heavy atom. The number of nitrogens with zero attached hydrogens (tertiary/aromatic N) is 7. The van der Waals surface area contributed by atoms with Gasteiger partial charge in [0.25, 0.3) is 0 Å². The van der Waals surface area contributed by atoms with Gasteiger partial charge in [-0.25, -0.2) is 14.4 Å². The third-order valence-electron chi connectivity index (χ3n) is 6.16. The summed E-state index contributed by atoms with van der Waals surface area (Å²) < 4.78 is 14.8. The number of amides is 1. The topological polar surface area (TPSA) is 80.0 Å². The highest BCUT2D eigenvalue weighted by atomic mass is 19.1. The van der Waals surface area contributed by atoms with Crippen LogP contribution in [0, 0.1) is 11.7 Å². The van der Waals surface area contributed by atoms with Crippen molar-refractivity contribution < 1.29 is 9.18 Å². The molecule has 1 amide bonds. The summed E-state index contributed by atoms with van der Waals surface area (Å²) in [5.41, 5.74) is 1.87. The standard InChI is InChI=1S/C21H24FN7O/c22-16-5-7-17(8-6-16)29-21-19(25-26-29)20(23-14-24-21)28-11-9-27(10-12-28)18(30)13-15-3-1-2-4-15/h5-8,14-15H,1-4,9-13H2. The number of halogens is 1. The quantitative estimate of drug-likeness (QED) is 0.659. The Balaban J connectivity index is 1.31. The van der Waals surface area contributed by atoms with E-state index in [0.29, 0.717) is 55.4 Å². The fourth-order valence-electron chi connectivity index (χ4n) is 4.48. The molecule has 8 nitrogen and oxygen atoms in total. The molecule has 0 radical (unpaired) electrons. The van der Waals surface area contributed by atoms with Gasteiger partial charge in [0.15, 0.2) is 17.0 Å². The molecule has 0 spiro atoms. The SMILES string of the molecule is O=C(CC1CCCC1)N1CCN(c2ncnc3c2nnn3-c2ccc(F)cc2)CC1. The summed E-state index contributed by atoms with van der Waals surface area (Å²) in [6.45, 7) is 2.77. The van der Waals surface area contributed by atoms with Crippen molar-refractivity contribution in [2.45, 2.75) is 32.1 Å². The number of fused-ring (bicyclic) bond motifs is 1. The second-order valence-electron chi connectivity index (χ2n) is 8.07. The van der Waals surface area contributed by atoms with Gasteiger partial charge in [-0.3, -0.25) is 4.79 Å². The molecule has 1 saturated heterocycles. The first-order valence-electron chi connectivity index (χ1n) is 10.5. The Bertz CT molecular complexity index is 1040. The van der Waals surface area contributed by atoms with Crippen LogP contribution in [-0.4, -0.2) is 61.9 Å². The first-order valence-corrected chi connectivity index (χ1v) is 10.5. The predicted octanol–water partition coefficient (Wildman–Crippen LogP) is 2.58. The third-order valence-corrected chi connectivity index (χ3v) is 6.16. The van der Waals surface area contributed by atoms with Gasteiger partial charge in [0.05, 0.1) is 5.69 Å². The number of anilines is 1. The monoisotopic (exact) mass is 409 g/mol. The minimum atomic E-state index is -0.307. The molecule has 0 bridgehead atoms. The summed E-state index contributed by atoms with van der Waals surface area (Å²) in [7, 11) is 0. The molecule has 1 aliphatic carbocycles. The van der Waals surface area contributed by atoms with Gasteiger partial charge in [0, 0.05) is 32.6 Å². The second-order valence-corrected chi connectivity index (χ2v) is 8.07. The average molecular weight is 409 g/mol. The zero-order valence-electron chi connectivity index (χ0n) is 16.7. The van der Waals surface area contributed by atoms with Crippen LogP contribution in [0.15, 0.2) is 30.6 Å². The number of carbonyl (C=O) groups excluding carboxylic acids is 1. The number of benzene rings is 1. The molecule has 0 N–H and O–H groups in total. The van der Waals surface area contributed by atoms with Crippen LogP contribution in [0.25, 0.3) is 16.9 Å². The molecule has 1 saturated carbocycles. The predicted molar refractivity (Wildman–Crippen MR) is 110 cm³/mol. The molecule has 1 aliphatic heterocycles. The molecule has 1 aromatic carbocycles. The lowest BCUT2D eigenvalue weighted by Crippen LogP contribution is -2.49. The van der Waals surface area contributed by atoms with Crippen molar-refractivity contribution in [1.82, 2.24) is 29.9 Å². The third kappa shape index (κ3) is 3.59. The van der Waals surface area contributed by atoms with E-state index in [1.165, 1.54) is 44.1 Å². The number of carbonyl (C=O) groups is 1. The van der Waals surface area contributed by atoms with Crippen molar-refractivity contribution in [2.24, 2.45) is 5.92 Å². The molecule has 2 aromatic heterocycles. The van der Waals surface area contributed by atoms with Crippen molar-refractivity contribution in [3.8, 4) is 5.69 Å². The Morgan fingerprint density at radius 3 is 2.50 bits per heavy atom. The van der Waals surface area contributed by atoms with Crippen molar-refractivity contribution >= 4 is 22.9 Å². The Labute approximate surface area is 173 Å². The van der Waals surface area contributed by atoms with Crippen LogP contribution in [0.5, 0.6) is 0 Å². The van der Waals surface area contributed by atoms with Crippen LogP contribution >= 0.6 is 0 Å². The van der Waals surface area contributed by atoms with Gasteiger partial charge >= 0.3 is 0 Å². The van der Waals surface area contributed by atoms with Gasteiger partial charge in [-0.15, -0.1) is 5.10 Å². The minimum absolute atomic E-state index is 0.275. The molecular formula is C21H24FN7O. The molecular weight excluding hydrogens is 385 g/mol. The first kappa shape index (κ1) is 18.9. The van der Waals surface area contributed by atoms with Crippen molar-refractivity contribution in [3.05, 3.63) is 36.4 Å². The summed E-state index contributed by atoms with van der Waals surface area (Å²) in [4.78, 5) is 25.5. The first-order chi connectivity index (χ1) is 14.7. The van der Waals surface area contributed by atoms with Gasteiger partial charge in [-0.1, -0.05) is 18.1 Å². The Hall–Kier alpha value is -3.10. The van der Waals surface area contributed by atoms with Crippen LogP contribution in [0.4, 0.5) is 10.2 Å². The van der Waals surface area contributed by atoms with E-state index >= 15 is 0 Å². The average Bonchev–Trinajstić information content (AvgIpc) is 3.44. The van der Waals surface area contributed by atoms with E-state index in [4.69, 9.17) is 0 Å². The molecule has 156 valence electrons. The molecule has 9 heteroatoms. The number of rotatable bonds is 4. The molecule has 0 unspecified atom stereocenters. The van der Waals surface area contributed by atoms with E-state index < -0.39 is 0 Å². The van der Waals surface area contributed by atoms with Gasteiger partial charge in [0.1, 0.15) is 12.1 Å². The lowest BCUT2D eigenvalue weighted by molar-refractivity contribution is -0.132. The van der Waals surface area contributed by atoms with E-state index in [9.17, 15) is 9.18 Å². The largest absolute Gasteiger partial charge is 0.351 e. The number of hydrogen-bond acceptors (Lipinski definition) is 6. The van der Waals surface area contributed by atoms with E-state index in [1.54, 1.807) is 16.8 Å². The maximum absolute atomic E-state index is 13.2. The van der Waals surface area contributed by atoms with Crippen LogP contribution in [-0.2, 0) is 4.79 Å². The van der Waals surface area contributed by atoms with Gasteiger partial charge in [-0.2, -0.15) is 4.68 Å². The summed E-state index contributed by atoms with van der Waals surface area (Å²) in [5, 5.41) is 8.49. The highest BCUT2D eigenvalue weighted by Gasteiger charge is 2.27. The highest BCUT2D eigenvalue weighted by Crippen LogP contribution is 2.29. The molecule has 3 heterocycles. The molecule has 5 rings (SSSR count). The van der Waals surface area contributed by atoms with Crippen LogP contribution in [0.2, 0.25) is 0 Å². The van der Waals surface area contributed by atoms with Crippen LogP contribution in [0.1, 0.15) is 32.1 Å². The maximum Gasteiger partial charge on any atom is 0.222 e. The fraction of sp³-hybridized carbons (Fsp3) is 0.476. The molecule has 30 heavy (non-hydrogen) atoms. The van der Waals surface area contributed by atoms with E-state index in [0.717, 1.165) is 5.82 Å². The smallest absolute Gasteiger partial charge is 0.222 e. The van der Waals surface area contributed by atoms with E-state index in [2.05, 4.69) is 25.2 Å². The van der Waals surface area contributed by atoms with E-state index in [-0.39, 0.29) is 11.7 Å². The zero-order chi connectivity index (χ0) is 20.5. The molecule has 2 aliphatic rings. The normalized spacial score (nSPS) is 17.8. The maximum atomic E-state index is 13.2. The van der Waals surface area contributed by atoms with Gasteiger partial charge < -0.3 is 9.80 Å². The number of piperazine rings is 1. The fourth-order valence-corrected chi connectivity index (χ4v) is 4.48. The van der Waals surface area contributed by atoms with Crippen molar-refractivity contribution in [3.63, 3.8) is 0 Å². The summed E-state index contributed by atoms with van der Waals surface area (Å²) in [6, 6.07) is 6.04. The Morgan fingerprint density at radius 2 is 1.77 bits per heavy atom. The zero-order valence-corrected chi connectivity index (χ0v) is 16.7. The van der Waals surface area contributed by atoms with Crippen LogP contribution < -0.4 is 4.90 Å². The molecule has 2 fully saturated rings. The van der Waals surface area contributed by atoms with E-state index in [1.807, 2.05) is 4.90 Å². The van der Waals surface area contributed by atoms with Crippen molar-refractivity contribution in [1.29, 1.82) is 0 Å². The number of aromatic nitrogens is 5. The molecule has 3 aromatic rings. The van der Waals surface area contributed by atoms with Gasteiger partial charge in [0.2, 0.25) is 5.91 Å². The highest BCUT2D eigenvalue weighted by molar-refractivity contribution is 5.84. The van der Waals surface area contributed by atoms with Crippen LogP contribution in [0.3, 0.4) is 0 Å². The lowest BCUT2D eigenvalue weighted by atomic mass is 10.0. The second kappa shape index (κ2) is 7.97. The lowest BCUT2D eigenvalue weighted by Gasteiger charge is -2.35. The minimum Gasteiger partial charge on any atom is -0.351 e. The summed E-state index contributed by atoms with van der Waals surface area (Å²) in [6.07, 6.45) is 7.08. The van der Waals surface area contributed by atoms with Gasteiger partial charge in [-0.05, 0) is 43.0 Å². The summed E-state index contributed by atoms with van der Waals surface area (Å²) in [5.74, 6) is 1.25.